The number of aromatic hydroxyl groups is 1. The molecule has 0 bridgehead atoms. The summed E-state index contributed by atoms with van der Waals surface area (Å²) in [6.07, 6.45) is 1.05. The van der Waals surface area contributed by atoms with E-state index in [1.54, 1.807) is 6.07 Å². The average molecular weight is 282 g/mol. The molecule has 1 N–H and O–H groups in total. The summed E-state index contributed by atoms with van der Waals surface area (Å²) in [5, 5.41) is 18.4. The van der Waals surface area contributed by atoms with Gasteiger partial charge in [0.25, 0.3) is 0 Å². The van der Waals surface area contributed by atoms with Crippen molar-refractivity contribution in [2.75, 3.05) is 0 Å². The van der Waals surface area contributed by atoms with E-state index in [9.17, 15) is 5.11 Å². The molecule has 110 valence electrons. The molecular formula is C18H22N2O. The molecule has 1 atom stereocenters. The van der Waals surface area contributed by atoms with Crippen LogP contribution in [-0.4, -0.2) is 5.11 Å². The van der Waals surface area contributed by atoms with E-state index >= 15 is 0 Å². The highest BCUT2D eigenvalue weighted by Gasteiger charge is 2.07. The van der Waals surface area contributed by atoms with Gasteiger partial charge in [-0.25, -0.2) is 0 Å². The van der Waals surface area contributed by atoms with E-state index in [1.165, 1.54) is 5.56 Å². The number of nitrogens with zero attached hydrogens (tertiary/aromatic N) is 2. The van der Waals surface area contributed by atoms with Crippen LogP contribution in [0.2, 0.25) is 0 Å². The summed E-state index contributed by atoms with van der Waals surface area (Å²) in [5.74, 6) is 0.607. The third-order valence-electron chi connectivity index (χ3n) is 3.66. The fourth-order valence-electron chi connectivity index (χ4n) is 2.28. The van der Waals surface area contributed by atoms with Crippen molar-refractivity contribution < 1.29 is 5.11 Å². The number of phenolic OH excluding ortho intramolecular Hbond substituents is 1. The molecule has 0 aromatic heterocycles. The smallest absolute Gasteiger partial charge is 0.143 e. The molecule has 3 nitrogen and oxygen atoms in total. The molecule has 0 spiro atoms. The SMILES string of the molecule is CC[C@H](C)c1ccc(O)c(N=Nc2cc(C)cc(C)c2)c1. The van der Waals surface area contributed by atoms with Crippen molar-refractivity contribution in [3.63, 3.8) is 0 Å². The zero-order valence-electron chi connectivity index (χ0n) is 13.1. The van der Waals surface area contributed by atoms with E-state index < -0.39 is 0 Å². The lowest BCUT2D eigenvalue weighted by Crippen LogP contribution is -1.90. The maximum atomic E-state index is 9.92. The van der Waals surface area contributed by atoms with Crippen molar-refractivity contribution >= 4 is 11.4 Å². The average Bonchev–Trinajstić information content (AvgIpc) is 2.44. The van der Waals surface area contributed by atoms with E-state index in [0.29, 0.717) is 11.6 Å². The quantitative estimate of drug-likeness (QED) is 0.693. The summed E-state index contributed by atoms with van der Waals surface area (Å²) < 4.78 is 0. The van der Waals surface area contributed by atoms with Crippen LogP contribution in [0.4, 0.5) is 11.4 Å². The van der Waals surface area contributed by atoms with E-state index in [1.807, 2.05) is 38.1 Å². The normalized spacial score (nSPS) is 12.8. The van der Waals surface area contributed by atoms with Gasteiger partial charge in [-0.05, 0) is 67.1 Å². The van der Waals surface area contributed by atoms with Crippen LogP contribution in [0.3, 0.4) is 0 Å². The number of phenols is 1. The molecule has 21 heavy (non-hydrogen) atoms. The van der Waals surface area contributed by atoms with Gasteiger partial charge in [-0.1, -0.05) is 26.0 Å². The molecule has 0 saturated heterocycles. The first-order valence-corrected chi connectivity index (χ1v) is 7.32. The van der Waals surface area contributed by atoms with Crippen LogP contribution in [0.15, 0.2) is 46.6 Å². The van der Waals surface area contributed by atoms with Crippen LogP contribution < -0.4 is 0 Å². The molecular weight excluding hydrogens is 260 g/mol. The molecule has 0 aliphatic heterocycles. The lowest BCUT2D eigenvalue weighted by molar-refractivity contribution is 0.476. The summed E-state index contributed by atoms with van der Waals surface area (Å²) >= 11 is 0. The number of hydrogen-bond acceptors (Lipinski definition) is 3. The molecule has 0 aliphatic rings. The number of benzene rings is 2. The lowest BCUT2D eigenvalue weighted by atomic mass is 9.98. The van der Waals surface area contributed by atoms with Gasteiger partial charge in [0, 0.05) is 0 Å². The fraction of sp³-hybridized carbons (Fsp3) is 0.333. The second-order valence-corrected chi connectivity index (χ2v) is 5.60. The van der Waals surface area contributed by atoms with E-state index in [2.05, 4.69) is 30.1 Å². The highest BCUT2D eigenvalue weighted by atomic mass is 16.3. The van der Waals surface area contributed by atoms with E-state index in [4.69, 9.17) is 0 Å². The summed E-state index contributed by atoms with van der Waals surface area (Å²) in [7, 11) is 0. The zero-order valence-corrected chi connectivity index (χ0v) is 13.1. The first kappa shape index (κ1) is 15.2. The van der Waals surface area contributed by atoms with Gasteiger partial charge in [0.2, 0.25) is 0 Å². The predicted molar refractivity (Wildman–Crippen MR) is 86.9 cm³/mol. The van der Waals surface area contributed by atoms with Gasteiger partial charge in [0.15, 0.2) is 0 Å². The van der Waals surface area contributed by atoms with Crippen LogP contribution in [-0.2, 0) is 0 Å². The van der Waals surface area contributed by atoms with Gasteiger partial charge in [0.05, 0.1) is 5.69 Å². The maximum Gasteiger partial charge on any atom is 0.143 e. The molecule has 0 unspecified atom stereocenters. The highest BCUT2D eigenvalue weighted by molar-refractivity contribution is 5.53. The third-order valence-corrected chi connectivity index (χ3v) is 3.66. The van der Waals surface area contributed by atoms with Crippen LogP contribution in [0.5, 0.6) is 5.75 Å². The van der Waals surface area contributed by atoms with Gasteiger partial charge in [-0.15, -0.1) is 5.11 Å². The first-order chi connectivity index (χ1) is 9.99. The number of hydrogen-bond donors (Lipinski definition) is 1. The number of aryl methyl sites for hydroxylation is 2. The number of azo groups is 1. The topological polar surface area (TPSA) is 45.0 Å². The Morgan fingerprint density at radius 2 is 1.67 bits per heavy atom. The molecule has 2 rings (SSSR count). The summed E-state index contributed by atoms with van der Waals surface area (Å²) in [6, 6.07) is 11.6. The lowest BCUT2D eigenvalue weighted by Gasteiger charge is -2.09. The second kappa shape index (κ2) is 6.53. The Morgan fingerprint density at radius 3 is 2.29 bits per heavy atom. The maximum absolute atomic E-state index is 9.92. The fourth-order valence-corrected chi connectivity index (χ4v) is 2.28. The Hall–Kier alpha value is -2.16. The molecule has 0 fully saturated rings. The molecule has 0 radical (unpaired) electrons. The third kappa shape index (κ3) is 3.91. The van der Waals surface area contributed by atoms with Crippen molar-refractivity contribution in [1.29, 1.82) is 0 Å². The van der Waals surface area contributed by atoms with Crippen LogP contribution in [0.25, 0.3) is 0 Å². The Morgan fingerprint density at radius 1 is 1.00 bits per heavy atom. The second-order valence-electron chi connectivity index (χ2n) is 5.60. The zero-order chi connectivity index (χ0) is 15.4. The molecule has 0 saturated carbocycles. The first-order valence-electron chi connectivity index (χ1n) is 7.32. The molecule has 0 aliphatic carbocycles. The van der Waals surface area contributed by atoms with Crippen molar-refractivity contribution in [2.24, 2.45) is 10.2 Å². The molecule has 2 aromatic carbocycles. The Balaban J connectivity index is 2.31. The van der Waals surface area contributed by atoms with Crippen molar-refractivity contribution in [2.45, 2.75) is 40.0 Å². The van der Waals surface area contributed by atoms with Gasteiger partial charge in [-0.2, -0.15) is 5.11 Å². The molecule has 0 heterocycles. The highest BCUT2D eigenvalue weighted by Crippen LogP contribution is 2.32. The minimum Gasteiger partial charge on any atom is -0.506 e. The van der Waals surface area contributed by atoms with Crippen LogP contribution in [0, 0.1) is 13.8 Å². The summed E-state index contributed by atoms with van der Waals surface area (Å²) in [6.45, 7) is 8.38. The standard InChI is InChI=1S/C18H22N2O/c1-5-14(4)15-6-7-18(21)17(11-15)20-19-16-9-12(2)8-13(3)10-16/h6-11,14,21H,5H2,1-4H3/t14-/m0/s1. The van der Waals surface area contributed by atoms with Gasteiger partial charge in [0.1, 0.15) is 11.4 Å². The Bertz CT molecular complexity index is 642. The van der Waals surface area contributed by atoms with Gasteiger partial charge >= 0.3 is 0 Å². The largest absolute Gasteiger partial charge is 0.506 e. The Labute approximate surface area is 126 Å². The Kier molecular flexibility index (Phi) is 4.73. The van der Waals surface area contributed by atoms with E-state index in [0.717, 1.165) is 23.2 Å². The minimum absolute atomic E-state index is 0.162. The molecule has 3 heteroatoms. The van der Waals surface area contributed by atoms with Crippen LogP contribution in [0.1, 0.15) is 42.9 Å². The minimum atomic E-state index is 0.162. The van der Waals surface area contributed by atoms with Crippen molar-refractivity contribution in [3.05, 3.63) is 53.1 Å². The van der Waals surface area contributed by atoms with E-state index in [-0.39, 0.29) is 5.75 Å². The number of rotatable bonds is 4. The molecule has 2 aromatic rings. The monoisotopic (exact) mass is 282 g/mol. The van der Waals surface area contributed by atoms with Crippen LogP contribution >= 0.6 is 0 Å². The van der Waals surface area contributed by atoms with Gasteiger partial charge < -0.3 is 5.11 Å². The van der Waals surface area contributed by atoms with Crippen molar-refractivity contribution in [3.8, 4) is 5.75 Å². The predicted octanol–water partition coefficient (Wildman–Crippen LogP) is 5.94. The summed E-state index contributed by atoms with van der Waals surface area (Å²) in [5.41, 5.74) is 4.81. The summed E-state index contributed by atoms with van der Waals surface area (Å²) in [4.78, 5) is 0. The molecule has 0 amide bonds. The van der Waals surface area contributed by atoms with Crippen molar-refractivity contribution in [1.82, 2.24) is 0 Å². The van der Waals surface area contributed by atoms with Gasteiger partial charge in [-0.3, -0.25) is 0 Å².